The molecule has 0 amide bonds. The highest BCUT2D eigenvalue weighted by molar-refractivity contribution is 7.91. The first-order valence-corrected chi connectivity index (χ1v) is 7.33. The van der Waals surface area contributed by atoms with E-state index in [1.165, 1.54) is 19.1 Å². The monoisotopic (exact) mass is 274 g/mol. The van der Waals surface area contributed by atoms with Crippen LogP contribution >= 0.6 is 0 Å². The highest BCUT2D eigenvalue weighted by atomic mass is 32.2. The Kier molecular flexibility index (Phi) is 3.53. The van der Waals surface area contributed by atoms with E-state index in [0.29, 0.717) is 5.56 Å². The van der Waals surface area contributed by atoms with Crippen LogP contribution in [0.2, 0.25) is 0 Å². The van der Waals surface area contributed by atoms with E-state index in [9.17, 15) is 13.2 Å². The Morgan fingerprint density at radius 3 is 2.00 bits per heavy atom. The molecular weight excluding hydrogens is 260 g/mol. The molecule has 4 heteroatoms. The molecule has 2 aromatic rings. The maximum Gasteiger partial charge on any atom is 0.207 e. The number of carbonyl (C=O) groups excluding carboxylic acids is 1. The number of aryl methyl sites for hydroxylation is 1. The number of benzene rings is 2. The zero-order valence-corrected chi connectivity index (χ0v) is 11.6. The first kappa shape index (κ1) is 13.5. The Morgan fingerprint density at radius 2 is 1.42 bits per heavy atom. The quantitative estimate of drug-likeness (QED) is 0.808. The van der Waals surface area contributed by atoms with E-state index in [2.05, 4.69) is 0 Å². The van der Waals surface area contributed by atoms with Crippen LogP contribution in [0.15, 0.2) is 58.3 Å². The minimum absolute atomic E-state index is 0.0665. The number of Topliss-reactive ketones (excluding diaryl/α,β-unsaturated/α-hetero) is 1. The fourth-order valence-electron chi connectivity index (χ4n) is 1.97. The summed E-state index contributed by atoms with van der Waals surface area (Å²) in [7, 11) is -3.67. The second-order valence-corrected chi connectivity index (χ2v) is 6.21. The normalized spacial score (nSPS) is 11.3. The molecule has 0 bridgehead atoms. The molecule has 0 aliphatic rings. The molecule has 0 aliphatic carbocycles. The summed E-state index contributed by atoms with van der Waals surface area (Å²) in [4.78, 5) is 11.9. The first-order chi connectivity index (χ1) is 8.94. The van der Waals surface area contributed by atoms with E-state index in [1.807, 2.05) is 0 Å². The van der Waals surface area contributed by atoms with Crippen LogP contribution in [-0.4, -0.2) is 14.2 Å². The average molecular weight is 274 g/mol. The number of hydrogen-bond donors (Lipinski definition) is 0. The minimum Gasteiger partial charge on any atom is -0.294 e. The van der Waals surface area contributed by atoms with Crippen LogP contribution in [0, 0.1) is 6.92 Å². The zero-order chi connectivity index (χ0) is 14.0. The maximum atomic E-state index is 12.6. The van der Waals surface area contributed by atoms with Gasteiger partial charge in [0.25, 0.3) is 0 Å². The lowest BCUT2D eigenvalue weighted by Gasteiger charge is -2.10. The fraction of sp³-hybridized carbons (Fsp3) is 0.133. The van der Waals surface area contributed by atoms with Crippen LogP contribution in [0.1, 0.15) is 22.8 Å². The molecule has 2 aromatic carbocycles. The highest BCUT2D eigenvalue weighted by Gasteiger charge is 2.23. The predicted molar refractivity (Wildman–Crippen MR) is 73.1 cm³/mol. The van der Waals surface area contributed by atoms with Gasteiger partial charge >= 0.3 is 0 Å². The molecule has 3 nitrogen and oxygen atoms in total. The van der Waals surface area contributed by atoms with E-state index in [0.717, 1.165) is 0 Å². The number of ketones is 1. The van der Waals surface area contributed by atoms with Crippen molar-refractivity contribution in [2.24, 2.45) is 0 Å². The van der Waals surface area contributed by atoms with Gasteiger partial charge in [0.05, 0.1) is 9.79 Å². The van der Waals surface area contributed by atoms with E-state index in [4.69, 9.17) is 0 Å². The Morgan fingerprint density at radius 1 is 0.895 bits per heavy atom. The van der Waals surface area contributed by atoms with Crippen molar-refractivity contribution in [3.05, 3.63) is 59.7 Å². The van der Waals surface area contributed by atoms with E-state index in [1.54, 1.807) is 43.3 Å². The molecule has 2 rings (SSSR count). The molecule has 0 saturated carbocycles. The first-order valence-electron chi connectivity index (χ1n) is 5.85. The zero-order valence-electron chi connectivity index (χ0n) is 10.8. The predicted octanol–water partition coefficient (Wildman–Crippen LogP) is 3.03. The summed E-state index contributed by atoms with van der Waals surface area (Å²) in [5.74, 6) is -0.257. The number of carbonyl (C=O) groups is 1. The molecule has 0 saturated heterocycles. The van der Waals surface area contributed by atoms with Crippen molar-refractivity contribution in [3.8, 4) is 0 Å². The van der Waals surface area contributed by atoms with Gasteiger partial charge in [-0.3, -0.25) is 4.79 Å². The Bertz CT molecular complexity index is 731. The van der Waals surface area contributed by atoms with Crippen molar-refractivity contribution in [3.63, 3.8) is 0 Å². The van der Waals surface area contributed by atoms with Gasteiger partial charge in [-0.15, -0.1) is 0 Å². The summed E-state index contributed by atoms with van der Waals surface area (Å²) in [6, 6.07) is 13.0. The second-order valence-electron chi connectivity index (χ2n) is 4.32. The molecule has 98 valence electrons. The third kappa shape index (κ3) is 2.44. The van der Waals surface area contributed by atoms with Crippen molar-refractivity contribution in [2.75, 3.05) is 0 Å². The Labute approximate surface area is 112 Å². The molecule has 19 heavy (non-hydrogen) atoms. The van der Waals surface area contributed by atoms with E-state index < -0.39 is 9.84 Å². The van der Waals surface area contributed by atoms with Gasteiger partial charge in [-0.05, 0) is 31.5 Å². The van der Waals surface area contributed by atoms with Crippen molar-refractivity contribution < 1.29 is 13.2 Å². The average Bonchev–Trinajstić information content (AvgIpc) is 2.39. The maximum absolute atomic E-state index is 12.6. The van der Waals surface area contributed by atoms with E-state index in [-0.39, 0.29) is 21.1 Å². The SMILES string of the molecule is CC(=O)c1ccccc1S(=O)(=O)c1ccccc1C. The number of sulfone groups is 1. The largest absolute Gasteiger partial charge is 0.294 e. The summed E-state index contributed by atoms with van der Waals surface area (Å²) in [6.45, 7) is 3.11. The molecule has 0 aliphatic heterocycles. The molecule has 0 atom stereocenters. The van der Waals surface area contributed by atoms with Gasteiger partial charge in [-0.25, -0.2) is 8.42 Å². The Balaban J connectivity index is 2.72. The van der Waals surface area contributed by atoms with Crippen molar-refractivity contribution in [1.82, 2.24) is 0 Å². The minimum atomic E-state index is -3.67. The summed E-state index contributed by atoms with van der Waals surface area (Å²) >= 11 is 0. The molecule has 0 spiro atoms. The van der Waals surface area contributed by atoms with Gasteiger partial charge in [0.15, 0.2) is 5.78 Å². The van der Waals surface area contributed by atoms with Crippen LogP contribution in [0.4, 0.5) is 0 Å². The summed E-state index contributed by atoms with van der Waals surface area (Å²) in [6.07, 6.45) is 0. The van der Waals surface area contributed by atoms with Gasteiger partial charge in [0, 0.05) is 5.56 Å². The standard InChI is InChI=1S/C15H14O3S/c1-11-7-3-5-9-14(11)19(17,18)15-10-6-4-8-13(15)12(2)16/h3-10H,1-2H3. The van der Waals surface area contributed by atoms with Crippen LogP contribution in [-0.2, 0) is 9.84 Å². The van der Waals surface area contributed by atoms with Gasteiger partial charge in [-0.2, -0.15) is 0 Å². The molecule has 0 radical (unpaired) electrons. The fourth-order valence-corrected chi connectivity index (χ4v) is 3.71. The molecule has 0 fully saturated rings. The molecule has 0 N–H and O–H groups in total. The Hall–Kier alpha value is -1.94. The summed E-state index contributed by atoms with van der Waals surface area (Å²) < 4.78 is 25.3. The molecule has 0 unspecified atom stereocenters. The van der Waals surface area contributed by atoms with Crippen molar-refractivity contribution >= 4 is 15.6 Å². The third-order valence-electron chi connectivity index (χ3n) is 2.94. The summed E-state index contributed by atoms with van der Waals surface area (Å²) in [5.41, 5.74) is 0.895. The van der Waals surface area contributed by atoms with Crippen LogP contribution in [0.25, 0.3) is 0 Å². The third-order valence-corrected chi connectivity index (χ3v) is 4.91. The lowest BCUT2D eigenvalue weighted by atomic mass is 10.1. The lowest BCUT2D eigenvalue weighted by molar-refractivity contribution is 0.101. The smallest absolute Gasteiger partial charge is 0.207 e. The topological polar surface area (TPSA) is 51.2 Å². The van der Waals surface area contributed by atoms with Gasteiger partial charge in [0.1, 0.15) is 0 Å². The molecule has 0 heterocycles. The highest BCUT2D eigenvalue weighted by Crippen LogP contribution is 2.26. The van der Waals surface area contributed by atoms with E-state index >= 15 is 0 Å². The number of hydrogen-bond acceptors (Lipinski definition) is 3. The van der Waals surface area contributed by atoms with Gasteiger partial charge < -0.3 is 0 Å². The molecule has 0 aromatic heterocycles. The lowest BCUT2D eigenvalue weighted by Crippen LogP contribution is -2.09. The van der Waals surface area contributed by atoms with Gasteiger partial charge in [-0.1, -0.05) is 36.4 Å². The molecular formula is C15H14O3S. The van der Waals surface area contributed by atoms with Crippen LogP contribution in [0.3, 0.4) is 0 Å². The summed E-state index contributed by atoms with van der Waals surface area (Å²) in [5, 5.41) is 0. The number of rotatable bonds is 3. The van der Waals surface area contributed by atoms with Crippen molar-refractivity contribution in [2.45, 2.75) is 23.6 Å². The van der Waals surface area contributed by atoms with Crippen LogP contribution in [0.5, 0.6) is 0 Å². The van der Waals surface area contributed by atoms with Crippen LogP contribution < -0.4 is 0 Å². The van der Waals surface area contributed by atoms with Crippen molar-refractivity contribution in [1.29, 1.82) is 0 Å². The van der Waals surface area contributed by atoms with Gasteiger partial charge in [0.2, 0.25) is 9.84 Å². The second kappa shape index (κ2) is 4.97.